The van der Waals surface area contributed by atoms with Crippen molar-refractivity contribution in [2.45, 2.75) is 78.2 Å². The van der Waals surface area contributed by atoms with Crippen molar-refractivity contribution in [2.75, 3.05) is 13.2 Å². The van der Waals surface area contributed by atoms with Crippen LogP contribution in [0.3, 0.4) is 0 Å². The molecule has 0 aromatic heterocycles. The molecule has 0 saturated carbocycles. The van der Waals surface area contributed by atoms with E-state index >= 15 is 0 Å². The van der Waals surface area contributed by atoms with Crippen molar-refractivity contribution >= 4 is 23.2 Å². The Bertz CT molecular complexity index is 1330. The summed E-state index contributed by atoms with van der Waals surface area (Å²) < 4.78 is 5.66. The van der Waals surface area contributed by atoms with Crippen molar-refractivity contribution in [1.82, 2.24) is 0 Å². The zero-order valence-electron chi connectivity index (χ0n) is 24.6. The Hall–Kier alpha value is -3.58. The number of Topliss-reactive ketones (excluding diaryl/α,β-unsaturated/α-hetero) is 2. The molecule has 0 amide bonds. The molecule has 0 aliphatic heterocycles. The third-order valence-corrected chi connectivity index (χ3v) is 7.83. The largest absolute Gasteiger partial charge is 0.511 e. The summed E-state index contributed by atoms with van der Waals surface area (Å²) in [4.78, 5) is 44.6. The number of carbonyl (C=O) groups is 3. The number of benzene rings is 2. The summed E-state index contributed by atoms with van der Waals surface area (Å²) in [6, 6.07) is 15.0. The first-order chi connectivity index (χ1) is 19.5. The van der Waals surface area contributed by atoms with Crippen LogP contribution >= 0.6 is 0 Å². The number of rotatable bonds is 12. The molecule has 0 unspecified atom stereocenters. The molecule has 3 N–H and O–H groups in total. The van der Waals surface area contributed by atoms with Crippen LogP contribution in [0.2, 0.25) is 0 Å². The van der Waals surface area contributed by atoms with Gasteiger partial charge in [-0.1, -0.05) is 76.2 Å². The van der Waals surface area contributed by atoms with Crippen LogP contribution in [-0.2, 0) is 19.1 Å². The predicted octanol–water partition coefficient (Wildman–Crippen LogP) is 6.10. The van der Waals surface area contributed by atoms with Gasteiger partial charge in [0.15, 0.2) is 5.78 Å². The smallest absolute Gasteiger partial charge is 0.376 e. The number of nitrogens with zero attached hydrogens (tertiary/aromatic N) is 1. The summed E-state index contributed by atoms with van der Waals surface area (Å²) in [5.41, 5.74) is 10.2. The van der Waals surface area contributed by atoms with Crippen molar-refractivity contribution < 1.29 is 24.2 Å². The third kappa shape index (κ3) is 7.02. The number of unbranched alkanes of at least 4 members (excludes halogenated alkanes) is 1. The van der Waals surface area contributed by atoms with Crippen LogP contribution in [0.4, 0.5) is 0 Å². The van der Waals surface area contributed by atoms with E-state index in [1.165, 1.54) is 0 Å². The summed E-state index contributed by atoms with van der Waals surface area (Å²) in [7, 11) is 0. The maximum absolute atomic E-state index is 13.5. The van der Waals surface area contributed by atoms with Crippen molar-refractivity contribution in [3.63, 3.8) is 0 Å². The fourth-order valence-corrected chi connectivity index (χ4v) is 5.95. The Morgan fingerprint density at radius 2 is 1.63 bits per heavy atom. The van der Waals surface area contributed by atoms with Gasteiger partial charge in [-0.25, -0.2) is 4.79 Å². The lowest BCUT2D eigenvalue weighted by molar-refractivity contribution is -0.154. The number of ketones is 2. The molecule has 1 atom stereocenters. The van der Waals surface area contributed by atoms with E-state index in [9.17, 15) is 19.5 Å². The molecule has 218 valence electrons. The van der Waals surface area contributed by atoms with Crippen LogP contribution in [0.1, 0.15) is 83.3 Å². The van der Waals surface area contributed by atoms with Crippen LogP contribution in [0.5, 0.6) is 0 Å². The molecule has 2 aromatic rings. The van der Waals surface area contributed by atoms with E-state index in [4.69, 9.17) is 15.5 Å². The minimum Gasteiger partial charge on any atom is -0.511 e. The second-order valence-electron chi connectivity index (χ2n) is 12.4. The number of aliphatic hydroxyl groups is 1. The topological polar surface area (TPSA) is 119 Å². The Morgan fingerprint density at radius 3 is 2.20 bits per heavy atom. The van der Waals surface area contributed by atoms with Gasteiger partial charge in [0.1, 0.15) is 18.4 Å². The monoisotopic (exact) mass is 558 g/mol. The normalized spacial score (nSPS) is 17.4. The first-order valence-corrected chi connectivity index (χ1v) is 14.6. The van der Waals surface area contributed by atoms with Gasteiger partial charge >= 0.3 is 5.97 Å². The number of esters is 1. The van der Waals surface area contributed by atoms with Crippen LogP contribution < -0.4 is 5.73 Å². The van der Waals surface area contributed by atoms with Crippen LogP contribution in [0.15, 0.2) is 64.9 Å². The Balaban J connectivity index is 1.59. The highest BCUT2D eigenvalue weighted by Crippen LogP contribution is 2.44. The highest BCUT2D eigenvalue weighted by molar-refractivity contribution is 6.36. The quantitative estimate of drug-likeness (QED) is 0.141. The SMILES string of the molecule is CC(C)CC(=N[C@@H](CCCCN)C(=O)C(=O)OCC1c2ccccc2-c2ccccc21)C1=C(O)CC(C)(C)CC1=O. The molecule has 0 radical (unpaired) electrons. The number of nitrogens with two attached hydrogens (primary N) is 1. The first kappa shape index (κ1) is 30.4. The second kappa shape index (κ2) is 12.9. The number of carbonyl (C=O) groups excluding carboxylic acids is 3. The van der Waals surface area contributed by atoms with E-state index in [-0.39, 0.29) is 47.4 Å². The Morgan fingerprint density at radius 1 is 1.02 bits per heavy atom. The van der Waals surface area contributed by atoms with Crippen molar-refractivity contribution in [3.8, 4) is 11.1 Å². The van der Waals surface area contributed by atoms with E-state index in [0.717, 1.165) is 22.3 Å². The molecule has 41 heavy (non-hydrogen) atoms. The molecule has 7 nitrogen and oxygen atoms in total. The molecule has 0 spiro atoms. The van der Waals surface area contributed by atoms with Gasteiger partial charge in [0.05, 0.1) is 11.3 Å². The van der Waals surface area contributed by atoms with Crippen LogP contribution in [-0.4, -0.2) is 47.5 Å². The molecule has 0 bridgehead atoms. The van der Waals surface area contributed by atoms with Gasteiger partial charge in [0, 0.05) is 18.8 Å². The lowest BCUT2D eigenvalue weighted by Crippen LogP contribution is -2.33. The lowest BCUT2D eigenvalue weighted by atomic mass is 9.75. The Kier molecular flexibility index (Phi) is 9.59. The molecule has 4 rings (SSSR count). The van der Waals surface area contributed by atoms with Gasteiger partial charge in [0.2, 0.25) is 0 Å². The zero-order valence-corrected chi connectivity index (χ0v) is 24.6. The molecular formula is C34H42N2O5. The standard InChI is InChI=1S/C34H42N2O5/c1-21(2)17-28(31-29(37)18-34(3,4)19-30(31)38)36-27(15-9-10-16-35)32(39)33(40)41-20-26-24-13-7-5-11-22(24)23-12-6-8-14-25(23)26/h5-8,11-14,21,26-27,37H,9-10,15-20,35H2,1-4H3/t27-/m0/s1. The summed E-state index contributed by atoms with van der Waals surface area (Å²) in [6.45, 7) is 8.34. The number of hydrogen-bond acceptors (Lipinski definition) is 7. The second-order valence-corrected chi connectivity index (χ2v) is 12.4. The maximum Gasteiger partial charge on any atom is 0.376 e. The van der Waals surface area contributed by atoms with Crippen molar-refractivity contribution in [2.24, 2.45) is 22.1 Å². The van der Waals surface area contributed by atoms with E-state index in [0.29, 0.717) is 44.4 Å². The molecule has 0 fully saturated rings. The maximum atomic E-state index is 13.5. The van der Waals surface area contributed by atoms with Crippen molar-refractivity contribution in [1.29, 1.82) is 0 Å². The fourth-order valence-electron chi connectivity index (χ4n) is 5.95. The average molecular weight is 559 g/mol. The molecule has 2 aliphatic rings. The summed E-state index contributed by atoms with van der Waals surface area (Å²) >= 11 is 0. The first-order valence-electron chi connectivity index (χ1n) is 14.6. The summed E-state index contributed by atoms with van der Waals surface area (Å²) in [5.74, 6) is -1.92. The average Bonchev–Trinajstić information content (AvgIpc) is 3.23. The van der Waals surface area contributed by atoms with Gasteiger partial charge in [0.25, 0.3) is 5.78 Å². The molecule has 2 aromatic carbocycles. The number of ether oxygens (including phenoxy) is 1. The van der Waals surface area contributed by atoms with Crippen molar-refractivity contribution in [3.05, 3.63) is 71.0 Å². The lowest BCUT2D eigenvalue weighted by Gasteiger charge is -2.30. The number of allylic oxidation sites excluding steroid dienone is 2. The Labute approximate surface area is 242 Å². The number of aliphatic hydroxyl groups excluding tert-OH is 1. The third-order valence-electron chi connectivity index (χ3n) is 7.83. The van der Waals surface area contributed by atoms with Gasteiger partial charge < -0.3 is 15.6 Å². The summed E-state index contributed by atoms with van der Waals surface area (Å²) in [5, 5.41) is 10.9. The molecule has 7 heteroatoms. The van der Waals surface area contributed by atoms with E-state index in [1.54, 1.807) is 0 Å². The van der Waals surface area contributed by atoms with Gasteiger partial charge in [-0.2, -0.15) is 0 Å². The summed E-state index contributed by atoms with van der Waals surface area (Å²) in [6.07, 6.45) is 2.59. The van der Waals surface area contributed by atoms with Crippen LogP contribution in [0, 0.1) is 11.3 Å². The van der Waals surface area contributed by atoms with E-state index in [2.05, 4.69) is 12.1 Å². The number of aliphatic imine (C=N–C) groups is 1. The minimum absolute atomic E-state index is 0.0000484. The number of hydrogen-bond donors (Lipinski definition) is 2. The molecule has 0 saturated heterocycles. The fraction of sp³-hybridized carbons (Fsp3) is 0.471. The van der Waals surface area contributed by atoms with E-state index < -0.39 is 17.8 Å². The predicted molar refractivity (Wildman–Crippen MR) is 161 cm³/mol. The molecular weight excluding hydrogens is 516 g/mol. The van der Waals surface area contributed by atoms with Gasteiger partial charge in [-0.3, -0.25) is 14.6 Å². The van der Waals surface area contributed by atoms with Gasteiger partial charge in [-0.05, 0) is 65.8 Å². The highest BCUT2D eigenvalue weighted by Gasteiger charge is 2.37. The van der Waals surface area contributed by atoms with Crippen LogP contribution in [0.25, 0.3) is 11.1 Å². The number of fused-ring (bicyclic) bond motifs is 3. The van der Waals surface area contributed by atoms with E-state index in [1.807, 2.05) is 64.1 Å². The minimum atomic E-state index is -1.02. The van der Waals surface area contributed by atoms with Gasteiger partial charge in [-0.15, -0.1) is 0 Å². The molecule has 0 heterocycles. The zero-order chi connectivity index (χ0) is 29.7. The highest BCUT2D eigenvalue weighted by atomic mass is 16.5. The molecule has 2 aliphatic carbocycles.